The van der Waals surface area contributed by atoms with Crippen molar-refractivity contribution in [1.29, 1.82) is 0 Å². The monoisotopic (exact) mass is 339 g/mol. The van der Waals surface area contributed by atoms with Gasteiger partial charge < -0.3 is 0 Å². The number of thiophene rings is 1. The van der Waals surface area contributed by atoms with Gasteiger partial charge in [-0.25, -0.2) is 13.1 Å². The molecular formula is C11H18BrNO2S2. The first kappa shape index (κ1) is 15.1. The molecule has 6 heteroatoms. The molecule has 0 aromatic carbocycles. The van der Waals surface area contributed by atoms with Crippen LogP contribution in [-0.4, -0.2) is 20.3 Å². The van der Waals surface area contributed by atoms with Crippen LogP contribution < -0.4 is 4.72 Å². The molecule has 1 atom stereocenters. The van der Waals surface area contributed by atoms with Gasteiger partial charge in [0.15, 0.2) is 0 Å². The van der Waals surface area contributed by atoms with Gasteiger partial charge in [0.05, 0.1) is 0 Å². The quantitative estimate of drug-likeness (QED) is 0.739. The van der Waals surface area contributed by atoms with Gasteiger partial charge >= 0.3 is 0 Å². The van der Waals surface area contributed by atoms with Crippen LogP contribution >= 0.6 is 27.3 Å². The van der Waals surface area contributed by atoms with E-state index in [4.69, 9.17) is 0 Å². The van der Waals surface area contributed by atoms with E-state index in [9.17, 15) is 8.42 Å². The first-order chi connectivity index (χ1) is 8.10. The van der Waals surface area contributed by atoms with Gasteiger partial charge in [-0.15, -0.1) is 11.3 Å². The second-order valence-corrected chi connectivity index (χ2v) is 7.65. The van der Waals surface area contributed by atoms with E-state index in [2.05, 4.69) is 27.6 Å². The average Bonchev–Trinajstić information content (AvgIpc) is 2.81. The van der Waals surface area contributed by atoms with Gasteiger partial charge in [0.1, 0.15) is 4.21 Å². The Labute approximate surface area is 116 Å². The topological polar surface area (TPSA) is 46.2 Å². The summed E-state index contributed by atoms with van der Waals surface area (Å²) >= 11 is 4.65. The lowest BCUT2D eigenvalue weighted by molar-refractivity contribution is 0.459. The van der Waals surface area contributed by atoms with Gasteiger partial charge in [0.25, 0.3) is 0 Å². The van der Waals surface area contributed by atoms with E-state index in [0.717, 1.165) is 24.6 Å². The third kappa shape index (κ3) is 5.07. The van der Waals surface area contributed by atoms with Gasteiger partial charge in [-0.1, -0.05) is 35.3 Å². The molecule has 0 saturated carbocycles. The standard InChI is InChI=1S/C11H18BrNO2S2/c1-2-4-10(6-7-12)9-13-17(14,15)11-5-3-8-16-11/h3,5,8,10,13H,2,4,6-7,9H2,1H3. The Morgan fingerprint density at radius 3 is 2.76 bits per heavy atom. The van der Waals surface area contributed by atoms with Crippen LogP contribution in [0, 0.1) is 5.92 Å². The van der Waals surface area contributed by atoms with Gasteiger partial charge in [-0.2, -0.15) is 0 Å². The summed E-state index contributed by atoms with van der Waals surface area (Å²) in [5.41, 5.74) is 0. The Balaban J connectivity index is 2.53. The van der Waals surface area contributed by atoms with Crippen molar-refractivity contribution in [3.63, 3.8) is 0 Å². The molecule has 1 rings (SSSR count). The van der Waals surface area contributed by atoms with Crippen LogP contribution in [0.3, 0.4) is 0 Å². The van der Waals surface area contributed by atoms with E-state index < -0.39 is 10.0 Å². The third-order valence-corrected chi connectivity index (χ3v) is 5.82. The van der Waals surface area contributed by atoms with Crippen LogP contribution in [0.2, 0.25) is 0 Å². The zero-order valence-corrected chi connectivity index (χ0v) is 13.1. The third-order valence-electron chi connectivity index (χ3n) is 2.54. The number of alkyl halides is 1. The number of halogens is 1. The molecular weight excluding hydrogens is 322 g/mol. The number of nitrogens with one attached hydrogen (secondary N) is 1. The molecule has 1 aromatic rings. The summed E-state index contributed by atoms with van der Waals surface area (Å²) in [5.74, 6) is 0.411. The summed E-state index contributed by atoms with van der Waals surface area (Å²) in [6, 6.07) is 3.38. The SMILES string of the molecule is CCCC(CCBr)CNS(=O)(=O)c1cccs1. The summed E-state index contributed by atoms with van der Waals surface area (Å²) < 4.78 is 26.9. The maximum Gasteiger partial charge on any atom is 0.250 e. The van der Waals surface area contributed by atoms with Crippen LogP contribution in [-0.2, 0) is 10.0 Å². The van der Waals surface area contributed by atoms with E-state index in [1.807, 2.05) is 0 Å². The lowest BCUT2D eigenvalue weighted by Gasteiger charge is -2.15. The molecule has 17 heavy (non-hydrogen) atoms. The summed E-state index contributed by atoms with van der Waals surface area (Å²) in [6.07, 6.45) is 3.14. The van der Waals surface area contributed by atoms with Crippen LogP contribution in [0.15, 0.2) is 21.7 Å². The molecule has 1 aromatic heterocycles. The summed E-state index contributed by atoms with van der Waals surface area (Å²) in [5, 5.41) is 2.69. The number of hydrogen-bond acceptors (Lipinski definition) is 3. The first-order valence-electron chi connectivity index (χ1n) is 5.69. The van der Waals surface area contributed by atoms with Gasteiger partial charge in [-0.3, -0.25) is 0 Å². The summed E-state index contributed by atoms with van der Waals surface area (Å²) in [4.78, 5) is 0. The highest BCUT2D eigenvalue weighted by atomic mass is 79.9. The maximum absolute atomic E-state index is 11.9. The minimum Gasteiger partial charge on any atom is -0.210 e. The van der Waals surface area contributed by atoms with E-state index in [1.54, 1.807) is 17.5 Å². The van der Waals surface area contributed by atoms with E-state index in [-0.39, 0.29) is 0 Å². The van der Waals surface area contributed by atoms with E-state index >= 15 is 0 Å². The first-order valence-corrected chi connectivity index (χ1v) is 9.17. The fraction of sp³-hybridized carbons (Fsp3) is 0.636. The molecule has 0 aliphatic rings. The highest BCUT2D eigenvalue weighted by molar-refractivity contribution is 9.09. The molecule has 0 saturated heterocycles. The van der Waals surface area contributed by atoms with Crippen LogP contribution in [0.25, 0.3) is 0 Å². The average molecular weight is 340 g/mol. The van der Waals surface area contributed by atoms with Crippen molar-refractivity contribution in [2.45, 2.75) is 30.4 Å². The minimum absolute atomic E-state index is 0.395. The molecule has 1 N–H and O–H groups in total. The van der Waals surface area contributed by atoms with Gasteiger partial charge in [0.2, 0.25) is 10.0 Å². The molecule has 98 valence electrons. The van der Waals surface area contributed by atoms with Crippen molar-refractivity contribution in [3.05, 3.63) is 17.5 Å². The van der Waals surface area contributed by atoms with Crippen molar-refractivity contribution in [2.24, 2.45) is 5.92 Å². The highest BCUT2D eigenvalue weighted by Crippen LogP contribution is 2.17. The molecule has 3 nitrogen and oxygen atoms in total. The minimum atomic E-state index is -3.30. The Morgan fingerprint density at radius 2 is 2.24 bits per heavy atom. The van der Waals surface area contributed by atoms with Crippen molar-refractivity contribution >= 4 is 37.3 Å². The van der Waals surface area contributed by atoms with Crippen molar-refractivity contribution < 1.29 is 8.42 Å². The molecule has 0 spiro atoms. The maximum atomic E-state index is 11.9. The normalized spacial score (nSPS) is 13.8. The van der Waals surface area contributed by atoms with Crippen LogP contribution in [0.4, 0.5) is 0 Å². The van der Waals surface area contributed by atoms with Crippen molar-refractivity contribution in [1.82, 2.24) is 4.72 Å². The second kappa shape index (κ2) is 7.51. The molecule has 0 aliphatic heterocycles. The molecule has 0 amide bonds. The fourth-order valence-corrected chi connectivity index (χ4v) is 4.43. The van der Waals surface area contributed by atoms with Crippen LogP contribution in [0.5, 0.6) is 0 Å². The Kier molecular flexibility index (Phi) is 6.69. The predicted molar refractivity (Wildman–Crippen MR) is 76.3 cm³/mol. The zero-order chi connectivity index (χ0) is 12.7. The Morgan fingerprint density at radius 1 is 1.47 bits per heavy atom. The molecule has 0 aliphatic carbocycles. The Hall–Kier alpha value is 0.0900. The highest BCUT2D eigenvalue weighted by Gasteiger charge is 2.17. The molecule has 1 unspecified atom stereocenters. The molecule has 0 fully saturated rings. The molecule has 0 bridgehead atoms. The van der Waals surface area contributed by atoms with Crippen molar-refractivity contribution in [2.75, 3.05) is 11.9 Å². The smallest absolute Gasteiger partial charge is 0.210 e. The van der Waals surface area contributed by atoms with Crippen molar-refractivity contribution in [3.8, 4) is 0 Å². The zero-order valence-electron chi connectivity index (χ0n) is 9.86. The van der Waals surface area contributed by atoms with Gasteiger partial charge in [0, 0.05) is 11.9 Å². The van der Waals surface area contributed by atoms with E-state index in [1.165, 1.54) is 11.3 Å². The fourth-order valence-electron chi connectivity index (χ4n) is 1.63. The lowest BCUT2D eigenvalue weighted by atomic mass is 10.0. The largest absolute Gasteiger partial charge is 0.250 e. The number of rotatable bonds is 8. The Bertz CT molecular complexity index is 397. The van der Waals surface area contributed by atoms with Crippen LogP contribution in [0.1, 0.15) is 26.2 Å². The summed E-state index contributed by atoms with van der Waals surface area (Å²) in [7, 11) is -3.30. The predicted octanol–water partition coefficient (Wildman–Crippen LogP) is 3.23. The second-order valence-electron chi connectivity index (χ2n) is 3.92. The van der Waals surface area contributed by atoms with E-state index in [0.29, 0.717) is 16.7 Å². The molecule has 1 heterocycles. The number of hydrogen-bond donors (Lipinski definition) is 1. The summed E-state index contributed by atoms with van der Waals surface area (Å²) in [6.45, 7) is 2.65. The van der Waals surface area contributed by atoms with Gasteiger partial charge in [-0.05, 0) is 30.2 Å². The molecule has 0 radical (unpaired) electrons. The lowest BCUT2D eigenvalue weighted by Crippen LogP contribution is -2.29. The number of sulfonamides is 1.